The summed E-state index contributed by atoms with van der Waals surface area (Å²) in [6, 6.07) is 11.0. The Bertz CT molecular complexity index is 2620. The number of nitrogens with zero attached hydrogens (tertiary/aromatic N) is 6. The van der Waals surface area contributed by atoms with E-state index in [2.05, 4.69) is 48.3 Å². The van der Waals surface area contributed by atoms with Crippen molar-refractivity contribution in [2.24, 2.45) is 0 Å². The fraction of sp³-hybridized carbons (Fsp3) is 0.318. The van der Waals surface area contributed by atoms with Crippen molar-refractivity contribution in [2.45, 2.75) is 70.1 Å². The van der Waals surface area contributed by atoms with Crippen molar-refractivity contribution in [1.82, 2.24) is 30.7 Å². The van der Waals surface area contributed by atoms with Crippen molar-refractivity contribution in [2.75, 3.05) is 40.1 Å². The number of nitrogens with one attached hydrogen (secondary N) is 4. The first-order chi connectivity index (χ1) is 31.1. The van der Waals surface area contributed by atoms with Gasteiger partial charge in [-0.15, -0.1) is 10.2 Å². The van der Waals surface area contributed by atoms with Gasteiger partial charge in [0.25, 0.3) is 17.7 Å². The number of carbonyl (C=O) groups is 7. The van der Waals surface area contributed by atoms with E-state index in [1.807, 2.05) is 0 Å². The predicted molar refractivity (Wildman–Crippen MR) is 225 cm³/mol. The normalized spacial score (nSPS) is 17.0. The highest BCUT2D eigenvalue weighted by atomic mass is 19.4. The smallest absolute Gasteiger partial charge is 0.384 e. The highest BCUT2D eigenvalue weighted by Gasteiger charge is 2.46. The Kier molecular flexibility index (Phi) is 13.5. The summed E-state index contributed by atoms with van der Waals surface area (Å²) in [7, 11) is 0. The van der Waals surface area contributed by atoms with Crippen LogP contribution < -0.4 is 31.1 Å². The number of hydrogen-bond donors (Lipinski definition) is 4. The van der Waals surface area contributed by atoms with E-state index in [-0.39, 0.29) is 78.1 Å². The van der Waals surface area contributed by atoms with Gasteiger partial charge in [-0.2, -0.15) is 13.2 Å². The molecule has 2 fully saturated rings. The number of carbonyl (C=O) groups excluding carboxylic acids is 7. The lowest BCUT2D eigenvalue weighted by Crippen LogP contribution is -2.54. The number of aryl methyl sites for hydroxylation is 1. The average molecular weight is 897 g/mol. The van der Waals surface area contributed by atoms with Crippen LogP contribution in [0.15, 0.2) is 66.7 Å². The maximum absolute atomic E-state index is 14.0. The van der Waals surface area contributed by atoms with Crippen molar-refractivity contribution in [3.63, 3.8) is 0 Å². The third-order valence-corrected chi connectivity index (χ3v) is 10.7. The van der Waals surface area contributed by atoms with Gasteiger partial charge < -0.3 is 16.0 Å². The second kappa shape index (κ2) is 19.3. The molecular weight excluding hydrogens is 857 g/mol. The van der Waals surface area contributed by atoms with E-state index >= 15 is 0 Å². The Morgan fingerprint density at radius 3 is 2.42 bits per heavy atom. The van der Waals surface area contributed by atoms with Crippen molar-refractivity contribution in [3.05, 3.63) is 101 Å². The quantitative estimate of drug-likeness (QED) is 0.0588. The van der Waals surface area contributed by atoms with Crippen LogP contribution in [0.2, 0.25) is 0 Å². The Morgan fingerprint density at radius 1 is 0.923 bits per heavy atom. The molecule has 0 saturated carbocycles. The van der Waals surface area contributed by atoms with Gasteiger partial charge in [0.15, 0.2) is 5.82 Å². The molecule has 21 heteroatoms. The van der Waals surface area contributed by atoms with Gasteiger partial charge in [0.05, 0.1) is 23.2 Å². The number of alkyl halides is 3. The summed E-state index contributed by atoms with van der Waals surface area (Å²) in [5.74, 6) is 1.44. The summed E-state index contributed by atoms with van der Waals surface area (Å²) in [5, 5.41) is 18.5. The summed E-state index contributed by atoms with van der Waals surface area (Å²) in [6.45, 7) is 1.26. The summed E-state index contributed by atoms with van der Waals surface area (Å²) in [6.07, 6.45) is -1.72. The Balaban J connectivity index is 0.882. The first-order valence-corrected chi connectivity index (χ1v) is 20.5. The van der Waals surface area contributed by atoms with E-state index in [1.165, 1.54) is 37.3 Å². The number of unbranched alkanes of at least 4 members (excludes halogenated alkanes) is 3. The van der Waals surface area contributed by atoms with Crippen LogP contribution in [-0.4, -0.2) is 93.3 Å². The maximum Gasteiger partial charge on any atom is 0.416 e. The fourth-order valence-corrected chi connectivity index (χ4v) is 7.53. The van der Waals surface area contributed by atoms with Gasteiger partial charge in [-0.05, 0) is 92.8 Å². The largest absolute Gasteiger partial charge is 0.416 e. The van der Waals surface area contributed by atoms with Crippen molar-refractivity contribution in [3.8, 4) is 11.8 Å². The molecule has 7 rings (SSSR count). The zero-order chi connectivity index (χ0) is 46.4. The van der Waals surface area contributed by atoms with Gasteiger partial charge in [-0.3, -0.25) is 48.8 Å². The molecule has 3 aliphatic heterocycles. The lowest BCUT2D eigenvalue weighted by molar-refractivity contribution is -0.138. The van der Waals surface area contributed by atoms with Crippen LogP contribution in [0.25, 0.3) is 0 Å². The van der Waals surface area contributed by atoms with E-state index in [0.29, 0.717) is 37.6 Å². The maximum atomic E-state index is 14.0. The molecule has 65 heavy (non-hydrogen) atoms. The second-order valence-electron chi connectivity index (χ2n) is 15.2. The zero-order valence-electron chi connectivity index (χ0n) is 34.6. The van der Waals surface area contributed by atoms with Crippen LogP contribution in [0.3, 0.4) is 0 Å². The van der Waals surface area contributed by atoms with Gasteiger partial charge in [0.2, 0.25) is 17.7 Å². The fourth-order valence-electron chi connectivity index (χ4n) is 7.53. The lowest BCUT2D eigenvalue weighted by atomic mass is 10.0. The molecule has 2 atom stereocenters. The minimum absolute atomic E-state index is 0.0226. The van der Waals surface area contributed by atoms with Gasteiger partial charge in [-0.25, -0.2) is 14.2 Å². The molecule has 2 saturated heterocycles. The minimum atomic E-state index is -4.74. The van der Waals surface area contributed by atoms with Gasteiger partial charge in [0.1, 0.15) is 29.4 Å². The number of amides is 8. The van der Waals surface area contributed by atoms with Gasteiger partial charge in [0, 0.05) is 43.0 Å². The average Bonchev–Trinajstić information content (AvgIpc) is 3.78. The topological polar surface area (TPSA) is 216 Å². The van der Waals surface area contributed by atoms with Gasteiger partial charge in [-0.1, -0.05) is 24.8 Å². The second-order valence-corrected chi connectivity index (χ2v) is 15.2. The number of halogens is 4. The Labute approximate surface area is 368 Å². The molecule has 0 bridgehead atoms. The van der Waals surface area contributed by atoms with Gasteiger partial charge >= 0.3 is 12.2 Å². The van der Waals surface area contributed by atoms with Crippen LogP contribution in [0.5, 0.6) is 0 Å². The molecule has 3 aliphatic rings. The third kappa shape index (κ3) is 10.4. The molecule has 1 unspecified atom stereocenters. The number of imide groups is 2. The van der Waals surface area contributed by atoms with Crippen LogP contribution in [0.4, 0.5) is 45.4 Å². The number of rotatable bonds is 14. The number of hydrogen-bond acceptors (Lipinski definition) is 11. The number of urea groups is 1. The number of fused-ring (bicyclic) bond motifs is 1. The molecule has 2 aromatic heterocycles. The van der Waals surface area contributed by atoms with E-state index in [1.54, 1.807) is 12.1 Å². The highest BCUT2D eigenvalue weighted by Crippen LogP contribution is 2.34. The Morgan fingerprint density at radius 2 is 1.69 bits per heavy atom. The molecule has 0 spiro atoms. The van der Waals surface area contributed by atoms with Crippen LogP contribution in [0.1, 0.15) is 82.6 Å². The third-order valence-electron chi connectivity index (χ3n) is 10.7. The first kappa shape index (κ1) is 45.3. The molecule has 0 radical (unpaired) electrons. The molecule has 2 aromatic carbocycles. The van der Waals surface area contributed by atoms with E-state index < -0.39 is 65.2 Å². The number of benzene rings is 2. The summed E-state index contributed by atoms with van der Waals surface area (Å²) in [4.78, 5) is 96.9. The van der Waals surface area contributed by atoms with Crippen LogP contribution in [-0.2, 0) is 25.4 Å². The monoisotopic (exact) mass is 896 g/mol. The molecule has 8 amide bonds. The number of anilines is 4. The summed E-state index contributed by atoms with van der Waals surface area (Å²) in [5.41, 5.74) is 0.137. The summed E-state index contributed by atoms with van der Waals surface area (Å²) < 4.78 is 54.7. The predicted octanol–water partition coefficient (Wildman–Crippen LogP) is 4.72. The minimum Gasteiger partial charge on any atom is -0.384 e. The number of pyridine rings is 1. The zero-order valence-corrected chi connectivity index (χ0v) is 34.6. The standard InChI is InChI=1S/C44H40F4N10O7/c1-25-22-26(44(46,47)48)23-35(51-25)57-33(24-50-43(57)65)41(63)56(29-15-12-27(45)13-16-29)21-7-8-28-14-18-34(55-54-28)52-36(59)11-4-2-3-5-20-49-31-10-6-9-30-38(31)42(64)58(40(30)62)32-17-19-37(60)53-39(32)61/h6,9-10,12-16,18,22-23,32-33,49H,2-5,11,17,19-21,24H2,1H3,(H,50,65)(H,52,55,59)(H,53,60,61)/t32?,33-/m0/s1. The highest BCUT2D eigenvalue weighted by molar-refractivity contribution is 6.25. The first-order valence-electron chi connectivity index (χ1n) is 20.5. The SMILES string of the molecule is Cc1cc(C(F)(F)F)cc(N2C(=O)NC[C@H]2C(=O)N(CC#Cc2ccc(NC(=O)CCCCCCNc3cccc4c3C(=O)N(C3CCC(=O)NC3=O)C4=O)nn2)c2ccc(F)cc2)n1. The molecule has 4 aromatic rings. The van der Waals surface area contributed by atoms with E-state index in [4.69, 9.17) is 0 Å². The molecule has 17 nitrogen and oxygen atoms in total. The van der Waals surface area contributed by atoms with E-state index in [9.17, 15) is 51.1 Å². The molecule has 5 heterocycles. The lowest BCUT2D eigenvalue weighted by Gasteiger charge is -2.28. The summed E-state index contributed by atoms with van der Waals surface area (Å²) >= 11 is 0. The number of aromatic nitrogens is 3. The Hall–Kier alpha value is -7.76. The van der Waals surface area contributed by atoms with Crippen LogP contribution >= 0.6 is 0 Å². The number of piperidine rings is 1. The van der Waals surface area contributed by atoms with Crippen LogP contribution in [0, 0.1) is 24.6 Å². The van der Waals surface area contributed by atoms with Crippen molar-refractivity contribution < 1.29 is 51.1 Å². The van der Waals surface area contributed by atoms with Crippen molar-refractivity contribution in [1.29, 1.82) is 0 Å². The van der Waals surface area contributed by atoms with E-state index in [0.717, 1.165) is 39.3 Å². The molecule has 0 aliphatic carbocycles. The van der Waals surface area contributed by atoms with Crippen molar-refractivity contribution >= 4 is 64.5 Å². The molecular formula is C44H40F4N10O7. The molecule has 4 N–H and O–H groups in total. The molecule has 336 valence electrons.